The summed E-state index contributed by atoms with van der Waals surface area (Å²) in [5.74, 6) is 0.812. The van der Waals surface area contributed by atoms with Gasteiger partial charge in [0.2, 0.25) is 0 Å². The van der Waals surface area contributed by atoms with Crippen molar-refractivity contribution in [3.05, 3.63) is 34.6 Å². The van der Waals surface area contributed by atoms with Crippen LogP contribution in [0.3, 0.4) is 0 Å². The van der Waals surface area contributed by atoms with Crippen molar-refractivity contribution in [1.82, 2.24) is 19.9 Å². The summed E-state index contributed by atoms with van der Waals surface area (Å²) in [5, 5.41) is 9.01. The van der Waals surface area contributed by atoms with E-state index in [9.17, 15) is 4.79 Å². The molecule has 1 aliphatic carbocycles. The molecular formula is C17H22N4O. The first-order chi connectivity index (χ1) is 10.8. The van der Waals surface area contributed by atoms with E-state index >= 15 is 0 Å². The number of hydrogen-bond acceptors (Lipinski definition) is 4. The molecule has 2 aromatic rings. The predicted molar refractivity (Wildman–Crippen MR) is 85.5 cm³/mol. The molecule has 0 N–H and O–H groups in total. The minimum Gasteiger partial charge on any atom is -0.281 e. The Labute approximate surface area is 129 Å². The Kier molecular flexibility index (Phi) is 3.66. The fraction of sp³-hybridized carbons (Fsp3) is 0.588. The molecule has 116 valence electrons. The van der Waals surface area contributed by atoms with Gasteiger partial charge >= 0.3 is 0 Å². The Morgan fingerprint density at radius 1 is 1.09 bits per heavy atom. The summed E-state index contributed by atoms with van der Waals surface area (Å²) < 4.78 is 1.54. The van der Waals surface area contributed by atoms with Crippen LogP contribution in [0.5, 0.6) is 0 Å². The Morgan fingerprint density at radius 3 is 2.86 bits per heavy atom. The average Bonchev–Trinajstić information content (AvgIpc) is 2.58. The maximum absolute atomic E-state index is 12.6. The monoisotopic (exact) mass is 298 g/mol. The van der Waals surface area contributed by atoms with E-state index in [4.69, 9.17) is 0 Å². The highest BCUT2D eigenvalue weighted by Crippen LogP contribution is 2.35. The van der Waals surface area contributed by atoms with Crippen LogP contribution in [-0.2, 0) is 6.67 Å². The normalized spacial score (nSPS) is 26.0. The fourth-order valence-electron chi connectivity index (χ4n) is 4.19. The van der Waals surface area contributed by atoms with Gasteiger partial charge in [-0.3, -0.25) is 9.69 Å². The molecule has 5 heteroatoms. The molecule has 2 aliphatic rings. The van der Waals surface area contributed by atoms with Crippen LogP contribution < -0.4 is 5.56 Å². The van der Waals surface area contributed by atoms with Crippen molar-refractivity contribution in [2.45, 2.75) is 51.2 Å². The van der Waals surface area contributed by atoms with Gasteiger partial charge in [-0.2, -0.15) is 4.68 Å². The number of fused-ring (bicyclic) bond motifs is 2. The molecule has 0 unspecified atom stereocenters. The molecule has 2 atom stereocenters. The van der Waals surface area contributed by atoms with Gasteiger partial charge < -0.3 is 0 Å². The minimum atomic E-state index is -0.0245. The van der Waals surface area contributed by atoms with Gasteiger partial charge in [0.15, 0.2) is 0 Å². The van der Waals surface area contributed by atoms with E-state index in [1.54, 1.807) is 4.68 Å². The molecule has 1 aromatic heterocycles. The average molecular weight is 298 g/mol. The second-order valence-electron chi connectivity index (χ2n) is 6.62. The highest BCUT2D eigenvalue weighted by molar-refractivity contribution is 5.76. The van der Waals surface area contributed by atoms with Crippen LogP contribution in [0, 0.1) is 5.92 Å². The van der Waals surface area contributed by atoms with Crippen LogP contribution in [0.25, 0.3) is 10.9 Å². The Balaban J connectivity index is 1.62. The van der Waals surface area contributed by atoms with Gasteiger partial charge in [0.25, 0.3) is 5.56 Å². The van der Waals surface area contributed by atoms with Crippen LogP contribution in [0.15, 0.2) is 29.1 Å². The molecule has 0 bridgehead atoms. The molecule has 0 radical (unpaired) electrons. The number of benzene rings is 1. The molecule has 4 rings (SSSR count). The Bertz CT molecular complexity index is 724. The highest BCUT2D eigenvalue weighted by Gasteiger charge is 2.33. The molecule has 5 nitrogen and oxygen atoms in total. The third-order valence-electron chi connectivity index (χ3n) is 5.30. The number of hydrogen-bond donors (Lipinski definition) is 0. The molecule has 1 saturated carbocycles. The van der Waals surface area contributed by atoms with Crippen molar-refractivity contribution in [1.29, 1.82) is 0 Å². The largest absolute Gasteiger partial charge is 0.281 e. The van der Waals surface area contributed by atoms with Gasteiger partial charge in [-0.25, -0.2) is 0 Å². The molecule has 2 heterocycles. The first-order valence-electron chi connectivity index (χ1n) is 8.39. The van der Waals surface area contributed by atoms with Gasteiger partial charge in [0.1, 0.15) is 5.52 Å². The number of nitrogens with zero attached hydrogens (tertiary/aromatic N) is 4. The van der Waals surface area contributed by atoms with Gasteiger partial charge in [0, 0.05) is 12.6 Å². The molecule has 2 fully saturated rings. The maximum atomic E-state index is 12.6. The van der Waals surface area contributed by atoms with E-state index in [2.05, 4.69) is 15.2 Å². The predicted octanol–water partition coefficient (Wildman–Crippen LogP) is 2.40. The van der Waals surface area contributed by atoms with Crippen molar-refractivity contribution in [2.75, 3.05) is 6.54 Å². The lowest BCUT2D eigenvalue weighted by molar-refractivity contribution is 0.0308. The van der Waals surface area contributed by atoms with Crippen molar-refractivity contribution < 1.29 is 0 Å². The summed E-state index contributed by atoms with van der Waals surface area (Å²) in [6, 6.07) is 8.07. The van der Waals surface area contributed by atoms with Crippen LogP contribution in [-0.4, -0.2) is 32.5 Å². The second-order valence-corrected chi connectivity index (χ2v) is 6.62. The summed E-state index contributed by atoms with van der Waals surface area (Å²) in [5.41, 5.74) is 0.654. The number of aromatic nitrogens is 3. The zero-order chi connectivity index (χ0) is 14.9. The first kappa shape index (κ1) is 13.9. The molecule has 22 heavy (non-hydrogen) atoms. The number of piperidine rings is 1. The highest BCUT2D eigenvalue weighted by atomic mass is 16.1. The van der Waals surface area contributed by atoms with Gasteiger partial charge in [-0.05, 0) is 43.7 Å². The lowest BCUT2D eigenvalue weighted by atomic mass is 9.78. The number of likely N-dealkylation sites (tertiary alicyclic amines) is 1. The second kappa shape index (κ2) is 5.80. The smallest absolute Gasteiger partial charge is 0.278 e. The van der Waals surface area contributed by atoms with E-state index in [1.165, 1.54) is 38.5 Å². The van der Waals surface area contributed by atoms with Crippen molar-refractivity contribution in [3.63, 3.8) is 0 Å². The zero-order valence-electron chi connectivity index (χ0n) is 12.8. The van der Waals surface area contributed by atoms with Crippen LogP contribution >= 0.6 is 0 Å². The number of rotatable bonds is 2. The van der Waals surface area contributed by atoms with Gasteiger partial charge in [-0.1, -0.05) is 30.2 Å². The first-order valence-corrected chi connectivity index (χ1v) is 8.39. The zero-order valence-corrected chi connectivity index (χ0v) is 12.8. The van der Waals surface area contributed by atoms with Crippen LogP contribution in [0.1, 0.15) is 38.5 Å². The quantitative estimate of drug-likeness (QED) is 0.854. The summed E-state index contributed by atoms with van der Waals surface area (Å²) in [4.78, 5) is 15.1. The molecule has 0 amide bonds. The van der Waals surface area contributed by atoms with E-state index in [1.807, 2.05) is 24.3 Å². The summed E-state index contributed by atoms with van der Waals surface area (Å²) in [6.45, 7) is 1.65. The van der Waals surface area contributed by atoms with E-state index in [-0.39, 0.29) is 5.56 Å². The molecule has 1 aromatic carbocycles. The summed E-state index contributed by atoms with van der Waals surface area (Å²) >= 11 is 0. The van der Waals surface area contributed by atoms with E-state index < -0.39 is 0 Å². The third-order valence-corrected chi connectivity index (χ3v) is 5.30. The van der Waals surface area contributed by atoms with Gasteiger partial charge in [0.05, 0.1) is 12.1 Å². The Hall–Kier alpha value is -1.75. The van der Waals surface area contributed by atoms with Crippen molar-refractivity contribution >= 4 is 10.9 Å². The van der Waals surface area contributed by atoms with Crippen LogP contribution in [0.2, 0.25) is 0 Å². The lowest BCUT2D eigenvalue weighted by Crippen LogP contribution is -2.48. The Morgan fingerprint density at radius 2 is 1.91 bits per heavy atom. The van der Waals surface area contributed by atoms with Crippen molar-refractivity contribution in [3.8, 4) is 0 Å². The standard InChI is InChI=1S/C17H22N4O/c22-17-14-8-2-3-9-15(14)18-19-21(17)12-20-11-5-7-13-6-1-4-10-16(13)20/h2-3,8-9,13,16H,1,4-7,10-12H2/t13-,16+/m1/s1. The molecule has 1 saturated heterocycles. The minimum absolute atomic E-state index is 0.0245. The van der Waals surface area contributed by atoms with Crippen LogP contribution in [0.4, 0.5) is 0 Å². The lowest BCUT2D eigenvalue weighted by Gasteiger charge is -2.43. The third kappa shape index (κ3) is 2.43. The van der Waals surface area contributed by atoms with Crippen molar-refractivity contribution in [2.24, 2.45) is 5.92 Å². The van der Waals surface area contributed by atoms with Gasteiger partial charge in [-0.15, -0.1) is 5.10 Å². The fourth-order valence-corrected chi connectivity index (χ4v) is 4.19. The molecule has 1 aliphatic heterocycles. The summed E-state index contributed by atoms with van der Waals surface area (Å²) in [6.07, 6.45) is 7.87. The molecular weight excluding hydrogens is 276 g/mol. The maximum Gasteiger partial charge on any atom is 0.278 e. The van der Waals surface area contributed by atoms with E-state index in [0.717, 1.165) is 12.5 Å². The topological polar surface area (TPSA) is 51.0 Å². The summed E-state index contributed by atoms with van der Waals surface area (Å²) in [7, 11) is 0. The van der Waals surface area contributed by atoms with E-state index in [0.29, 0.717) is 23.6 Å². The SMILES string of the molecule is O=c1c2ccccc2nnn1CN1CCC[C@H]2CCCC[C@@H]21. The molecule has 0 spiro atoms.